The molecule has 0 atom stereocenters. The molecule has 0 unspecified atom stereocenters. The number of hydrogen-bond donors (Lipinski definition) is 2. The lowest BCUT2D eigenvalue weighted by molar-refractivity contribution is -0.139. The predicted octanol–water partition coefficient (Wildman–Crippen LogP) is 2.41. The summed E-state index contributed by atoms with van der Waals surface area (Å²) in [7, 11) is 0. The number of rotatable bonds is 9. The van der Waals surface area contributed by atoms with Gasteiger partial charge in [0.25, 0.3) is 0 Å². The first kappa shape index (κ1) is 18.1. The van der Waals surface area contributed by atoms with Crippen molar-refractivity contribution in [1.82, 2.24) is 14.9 Å². The molecule has 2 aromatic rings. The molecule has 7 heteroatoms. The Hall–Kier alpha value is -2.67. The van der Waals surface area contributed by atoms with Gasteiger partial charge in [0, 0.05) is 18.2 Å². The molecule has 1 heterocycles. The lowest BCUT2D eigenvalue weighted by Crippen LogP contribution is -2.51. The molecule has 0 amide bonds. The van der Waals surface area contributed by atoms with Crippen LogP contribution in [0.2, 0.25) is 0 Å². The number of aromatic nitrogens is 2. The van der Waals surface area contributed by atoms with E-state index < -0.39 is 5.97 Å². The molecule has 0 saturated heterocycles. The van der Waals surface area contributed by atoms with Gasteiger partial charge < -0.3 is 15.2 Å². The summed E-state index contributed by atoms with van der Waals surface area (Å²) in [5, 5.41) is 12.3. The fourth-order valence-electron chi connectivity index (χ4n) is 3.11. The van der Waals surface area contributed by atoms with Gasteiger partial charge >= 0.3 is 5.97 Å². The lowest BCUT2D eigenvalue weighted by atomic mass is 9.85. The van der Waals surface area contributed by atoms with E-state index in [0.717, 1.165) is 30.8 Å². The molecule has 26 heavy (non-hydrogen) atoms. The highest BCUT2D eigenvalue weighted by Crippen LogP contribution is 2.28. The molecule has 0 radical (unpaired) electrons. The third-order valence-corrected chi connectivity index (χ3v) is 4.60. The van der Waals surface area contributed by atoms with Crippen molar-refractivity contribution >= 4 is 11.8 Å². The number of anilines is 1. The van der Waals surface area contributed by atoms with Crippen LogP contribution in [-0.4, -0.2) is 51.1 Å². The predicted molar refractivity (Wildman–Crippen MR) is 98.1 cm³/mol. The molecular formula is C19H24N4O3. The SMILES string of the molecule is CCN(CC(=O)O)C1CC(Nc2cc(OCc3ccccc3)ncn2)C1. The van der Waals surface area contributed by atoms with Crippen LogP contribution in [0, 0.1) is 0 Å². The monoisotopic (exact) mass is 356 g/mol. The van der Waals surface area contributed by atoms with Crippen LogP contribution in [0.15, 0.2) is 42.7 Å². The Morgan fingerprint density at radius 2 is 2.08 bits per heavy atom. The number of nitrogens with one attached hydrogen (secondary N) is 1. The summed E-state index contributed by atoms with van der Waals surface area (Å²) in [5.74, 6) is 0.482. The van der Waals surface area contributed by atoms with Crippen molar-refractivity contribution < 1.29 is 14.6 Å². The molecule has 2 N–H and O–H groups in total. The maximum atomic E-state index is 10.9. The molecule has 0 spiro atoms. The van der Waals surface area contributed by atoms with Crippen molar-refractivity contribution in [3.8, 4) is 5.88 Å². The van der Waals surface area contributed by atoms with Gasteiger partial charge in [-0.3, -0.25) is 9.69 Å². The number of nitrogens with zero attached hydrogens (tertiary/aromatic N) is 3. The highest BCUT2D eigenvalue weighted by atomic mass is 16.5. The van der Waals surface area contributed by atoms with Gasteiger partial charge in [0.1, 0.15) is 18.8 Å². The molecule has 1 saturated carbocycles. The number of carboxylic acid groups (broad SMARTS) is 1. The van der Waals surface area contributed by atoms with Crippen molar-refractivity contribution in [1.29, 1.82) is 0 Å². The summed E-state index contributed by atoms with van der Waals surface area (Å²) in [5.41, 5.74) is 1.08. The maximum absolute atomic E-state index is 10.9. The average molecular weight is 356 g/mol. The number of likely N-dealkylation sites (N-methyl/N-ethyl adjacent to an activating group) is 1. The van der Waals surface area contributed by atoms with E-state index in [1.54, 1.807) is 6.07 Å². The summed E-state index contributed by atoms with van der Waals surface area (Å²) in [4.78, 5) is 21.3. The molecule has 0 aliphatic heterocycles. The van der Waals surface area contributed by atoms with Gasteiger partial charge in [-0.2, -0.15) is 0 Å². The third-order valence-electron chi connectivity index (χ3n) is 4.60. The first-order chi connectivity index (χ1) is 12.6. The molecular weight excluding hydrogens is 332 g/mol. The van der Waals surface area contributed by atoms with Crippen LogP contribution >= 0.6 is 0 Å². The van der Waals surface area contributed by atoms with Crippen LogP contribution in [0.5, 0.6) is 5.88 Å². The molecule has 138 valence electrons. The van der Waals surface area contributed by atoms with Crippen molar-refractivity contribution in [3.63, 3.8) is 0 Å². The van der Waals surface area contributed by atoms with Gasteiger partial charge in [-0.05, 0) is 24.9 Å². The molecule has 1 aliphatic carbocycles. The largest absolute Gasteiger partial charge is 0.480 e. The second-order valence-electron chi connectivity index (χ2n) is 6.44. The first-order valence-electron chi connectivity index (χ1n) is 8.85. The summed E-state index contributed by atoms with van der Waals surface area (Å²) < 4.78 is 5.72. The first-order valence-corrected chi connectivity index (χ1v) is 8.85. The van der Waals surface area contributed by atoms with Gasteiger partial charge in [-0.25, -0.2) is 9.97 Å². The van der Waals surface area contributed by atoms with E-state index in [-0.39, 0.29) is 6.54 Å². The van der Waals surface area contributed by atoms with Crippen LogP contribution in [0.1, 0.15) is 25.3 Å². The molecule has 0 bridgehead atoms. The molecule has 1 aliphatic rings. The Kier molecular flexibility index (Phi) is 6.01. The maximum Gasteiger partial charge on any atom is 0.317 e. The zero-order chi connectivity index (χ0) is 18.4. The zero-order valence-electron chi connectivity index (χ0n) is 14.8. The van der Waals surface area contributed by atoms with Crippen LogP contribution < -0.4 is 10.1 Å². The van der Waals surface area contributed by atoms with Crippen LogP contribution in [0.3, 0.4) is 0 Å². The number of carboxylic acids is 1. The molecule has 3 rings (SSSR count). The molecule has 1 aromatic heterocycles. The number of aliphatic carboxylic acids is 1. The number of benzene rings is 1. The minimum atomic E-state index is -0.778. The van der Waals surface area contributed by atoms with Crippen LogP contribution in [-0.2, 0) is 11.4 Å². The standard InChI is InChI=1S/C19H24N4O3/c1-2-23(11-19(24)25)16-8-15(9-16)22-17-10-18(21-13-20-17)26-12-14-6-4-3-5-7-14/h3-7,10,13,15-16H,2,8-9,11-12H2,1H3,(H,24,25)(H,20,21,22). The van der Waals surface area contributed by atoms with E-state index in [4.69, 9.17) is 9.84 Å². The van der Waals surface area contributed by atoms with Crippen molar-refractivity contribution in [3.05, 3.63) is 48.3 Å². The number of carbonyl (C=O) groups is 1. The lowest BCUT2D eigenvalue weighted by Gasteiger charge is -2.42. The number of hydrogen-bond acceptors (Lipinski definition) is 6. The topological polar surface area (TPSA) is 87.6 Å². The summed E-state index contributed by atoms with van der Waals surface area (Å²) in [6.07, 6.45) is 3.30. The Bertz CT molecular complexity index is 720. The Labute approximate surface area is 153 Å². The fourth-order valence-corrected chi connectivity index (χ4v) is 3.11. The fraction of sp³-hybridized carbons (Fsp3) is 0.421. The van der Waals surface area contributed by atoms with Gasteiger partial charge in [0.2, 0.25) is 5.88 Å². The van der Waals surface area contributed by atoms with Crippen LogP contribution in [0.25, 0.3) is 0 Å². The number of ether oxygens (including phenoxy) is 1. The van der Waals surface area contributed by atoms with Crippen LogP contribution in [0.4, 0.5) is 5.82 Å². The Balaban J connectivity index is 1.48. The molecule has 1 fully saturated rings. The zero-order valence-corrected chi connectivity index (χ0v) is 14.8. The van der Waals surface area contributed by atoms with E-state index in [1.807, 2.05) is 42.2 Å². The van der Waals surface area contributed by atoms with E-state index in [0.29, 0.717) is 24.6 Å². The Morgan fingerprint density at radius 1 is 1.31 bits per heavy atom. The quantitative estimate of drug-likeness (QED) is 0.713. The second kappa shape index (κ2) is 8.62. The van der Waals surface area contributed by atoms with E-state index in [1.165, 1.54) is 6.33 Å². The minimum Gasteiger partial charge on any atom is -0.480 e. The molecule has 1 aromatic carbocycles. The smallest absolute Gasteiger partial charge is 0.317 e. The minimum absolute atomic E-state index is 0.0961. The summed E-state index contributed by atoms with van der Waals surface area (Å²) in [6.45, 7) is 3.29. The highest BCUT2D eigenvalue weighted by molar-refractivity contribution is 5.69. The van der Waals surface area contributed by atoms with E-state index in [9.17, 15) is 4.79 Å². The second-order valence-corrected chi connectivity index (χ2v) is 6.44. The summed E-state index contributed by atoms with van der Waals surface area (Å²) >= 11 is 0. The normalized spacial score (nSPS) is 19.0. The third kappa shape index (κ3) is 4.92. The Morgan fingerprint density at radius 3 is 2.77 bits per heavy atom. The van der Waals surface area contributed by atoms with Gasteiger partial charge in [0.15, 0.2) is 0 Å². The van der Waals surface area contributed by atoms with Crippen molar-refractivity contribution in [2.45, 2.75) is 38.5 Å². The highest BCUT2D eigenvalue weighted by Gasteiger charge is 2.33. The average Bonchev–Trinajstić information content (AvgIpc) is 2.62. The van der Waals surface area contributed by atoms with Gasteiger partial charge in [-0.1, -0.05) is 37.3 Å². The summed E-state index contributed by atoms with van der Waals surface area (Å²) in [6, 6.07) is 12.3. The van der Waals surface area contributed by atoms with E-state index >= 15 is 0 Å². The van der Waals surface area contributed by atoms with Crippen molar-refractivity contribution in [2.75, 3.05) is 18.4 Å². The van der Waals surface area contributed by atoms with Gasteiger partial charge in [0.05, 0.1) is 6.54 Å². The van der Waals surface area contributed by atoms with E-state index in [2.05, 4.69) is 15.3 Å². The van der Waals surface area contributed by atoms with Gasteiger partial charge in [-0.15, -0.1) is 0 Å². The van der Waals surface area contributed by atoms with Crippen molar-refractivity contribution in [2.24, 2.45) is 0 Å². The molecule has 7 nitrogen and oxygen atoms in total.